The Morgan fingerprint density at radius 3 is 2.37 bits per heavy atom. The summed E-state index contributed by atoms with van der Waals surface area (Å²) in [5.41, 5.74) is 0.345. The second-order valence-electron chi connectivity index (χ2n) is 4.36. The lowest BCUT2D eigenvalue weighted by Gasteiger charge is -2.20. The molecule has 0 spiro atoms. The monoisotopic (exact) mass is 266 g/mol. The van der Waals surface area contributed by atoms with Crippen LogP contribution in [0.5, 0.6) is 5.75 Å². The Bertz CT molecular complexity index is 453. The molecule has 0 heterocycles. The zero-order valence-electron chi connectivity index (χ0n) is 11.5. The summed E-state index contributed by atoms with van der Waals surface area (Å²) in [7, 11) is 1.51. The van der Waals surface area contributed by atoms with Crippen molar-refractivity contribution in [3.63, 3.8) is 0 Å². The molecule has 0 saturated carbocycles. The van der Waals surface area contributed by atoms with Gasteiger partial charge < -0.3 is 14.2 Å². The van der Waals surface area contributed by atoms with Crippen molar-refractivity contribution in [1.82, 2.24) is 0 Å². The van der Waals surface area contributed by atoms with E-state index in [-0.39, 0.29) is 5.92 Å². The first-order valence-corrected chi connectivity index (χ1v) is 5.96. The average Bonchev–Trinajstić information content (AvgIpc) is 2.37. The summed E-state index contributed by atoms with van der Waals surface area (Å²) in [4.78, 5) is 22.9. The first-order chi connectivity index (χ1) is 8.93. The van der Waals surface area contributed by atoms with Crippen molar-refractivity contribution in [2.24, 2.45) is 5.92 Å². The van der Waals surface area contributed by atoms with Crippen LogP contribution in [0.1, 0.15) is 31.1 Å². The standard InChI is InChI=1S/C14H18O5/c1-9(2)14(18-10(3)15)19-13(16)11-6-5-7-12(8-11)17-4/h5-9,14H,1-4H3. The van der Waals surface area contributed by atoms with Gasteiger partial charge in [-0.1, -0.05) is 19.9 Å². The van der Waals surface area contributed by atoms with Crippen molar-refractivity contribution in [2.75, 3.05) is 7.11 Å². The first-order valence-electron chi connectivity index (χ1n) is 5.96. The fraction of sp³-hybridized carbons (Fsp3) is 0.429. The molecule has 19 heavy (non-hydrogen) atoms. The SMILES string of the molecule is COc1cccc(C(=O)OC(OC(C)=O)C(C)C)c1. The third-order valence-corrected chi connectivity index (χ3v) is 2.36. The predicted molar refractivity (Wildman–Crippen MR) is 68.8 cm³/mol. The highest BCUT2D eigenvalue weighted by Gasteiger charge is 2.22. The number of rotatable bonds is 5. The summed E-state index contributed by atoms with van der Waals surface area (Å²) in [5, 5.41) is 0. The van der Waals surface area contributed by atoms with Gasteiger partial charge in [0.15, 0.2) is 0 Å². The van der Waals surface area contributed by atoms with E-state index < -0.39 is 18.2 Å². The van der Waals surface area contributed by atoms with Crippen LogP contribution in [0.4, 0.5) is 0 Å². The number of carbonyl (C=O) groups excluding carboxylic acids is 2. The molecule has 0 aliphatic heterocycles. The lowest BCUT2D eigenvalue weighted by molar-refractivity contribution is -0.173. The lowest BCUT2D eigenvalue weighted by Crippen LogP contribution is -2.28. The van der Waals surface area contributed by atoms with E-state index in [1.807, 2.05) is 0 Å². The third kappa shape index (κ3) is 4.62. The van der Waals surface area contributed by atoms with Crippen molar-refractivity contribution in [3.05, 3.63) is 29.8 Å². The molecule has 5 nitrogen and oxygen atoms in total. The second-order valence-corrected chi connectivity index (χ2v) is 4.36. The van der Waals surface area contributed by atoms with Gasteiger partial charge in [-0.3, -0.25) is 4.79 Å². The van der Waals surface area contributed by atoms with E-state index in [1.165, 1.54) is 14.0 Å². The van der Waals surface area contributed by atoms with Crippen LogP contribution in [0.25, 0.3) is 0 Å². The fourth-order valence-electron chi connectivity index (χ4n) is 1.38. The molecular weight excluding hydrogens is 248 g/mol. The van der Waals surface area contributed by atoms with Crippen LogP contribution < -0.4 is 4.74 Å². The lowest BCUT2D eigenvalue weighted by atomic mass is 10.2. The molecule has 1 aromatic carbocycles. The normalized spacial score (nSPS) is 11.8. The molecule has 0 radical (unpaired) electrons. The average molecular weight is 266 g/mol. The predicted octanol–water partition coefficient (Wildman–Crippen LogP) is 2.40. The Morgan fingerprint density at radius 2 is 1.84 bits per heavy atom. The van der Waals surface area contributed by atoms with Crippen LogP contribution in [0.15, 0.2) is 24.3 Å². The molecule has 1 atom stereocenters. The minimum absolute atomic E-state index is 0.126. The van der Waals surface area contributed by atoms with Crippen molar-refractivity contribution in [1.29, 1.82) is 0 Å². The summed E-state index contributed by atoms with van der Waals surface area (Å²) in [6, 6.07) is 6.58. The van der Waals surface area contributed by atoms with Crippen LogP contribution in [-0.2, 0) is 14.3 Å². The van der Waals surface area contributed by atoms with Crippen molar-refractivity contribution < 1.29 is 23.8 Å². The van der Waals surface area contributed by atoms with E-state index in [4.69, 9.17) is 14.2 Å². The summed E-state index contributed by atoms with van der Waals surface area (Å²) >= 11 is 0. The number of benzene rings is 1. The molecule has 0 amide bonds. The minimum atomic E-state index is -0.892. The summed E-state index contributed by atoms with van der Waals surface area (Å²) < 4.78 is 15.1. The topological polar surface area (TPSA) is 61.8 Å². The number of ether oxygens (including phenoxy) is 3. The Morgan fingerprint density at radius 1 is 1.16 bits per heavy atom. The molecule has 1 aromatic rings. The highest BCUT2D eigenvalue weighted by atomic mass is 16.7. The van der Waals surface area contributed by atoms with Gasteiger partial charge in [0.05, 0.1) is 12.7 Å². The Balaban J connectivity index is 2.78. The molecule has 1 rings (SSSR count). The molecule has 5 heteroatoms. The number of hydrogen-bond acceptors (Lipinski definition) is 5. The number of carbonyl (C=O) groups is 2. The molecule has 0 aliphatic carbocycles. The van der Waals surface area contributed by atoms with Gasteiger partial charge in [-0.2, -0.15) is 0 Å². The number of methoxy groups -OCH3 is 1. The first kappa shape index (κ1) is 15.0. The van der Waals surface area contributed by atoms with Crippen LogP contribution >= 0.6 is 0 Å². The number of esters is 2. The maximum atomic E-state index is 11.9. The van der Waals surface area contributed by atoms with Gasteiger partial charge in [0, 0.05) is 12.8 Å². The van der Waals surface area contributed by atoms with E-state index in [1.54, 1.807) is 38.1 Å². The summed E-state index contributed by atoms with van der Waals surface area (Å²) in [6.45, 7) is 4.87. The van der Waals surface area contributed by atoms with Crippen molar-refractivity contribution in [3.8, 4) is 5.75 Å². The van der Waals surface area contributed by atoms with E-state index in [0.717, 1.165) is 0 Å². The maximum absolute atomic E-state index is 11.9. The Labute approximate surface area is 112 Å². The molecule has 0 aromatic heterocycles. The Kier molecular flexibility index (Phi) is 5.36. The third-order valence-electron chi connectivity index (χ3n) is 2.36. The van der Waals surface area contributed by atoms with Crippen LogP contribution in [0.3, 0.4) is 0 Å². The zero-order chi connectivity index (χ0) is 14.4. The second kappa shape index (κ2) is 6.78. The fourth-order valence-corrected chi connectivity index (χ4v) is 1.38. The molecule has 0 N–H and O–H groups in total. The van der Waals surface area contributed by atoms with E-state index in [0.29, 0.717) is 11.3 Å². The zero-order valence-corrected chi connectivity index (χ0v) is 11.5. The van der Waals surface area contributed by atoms with Crippen molar-refractivity contribution >= 4 is 11.9 Å². The van der Waals surface area contributed by atoms with Gasteiger partial charge >= 0.3 is 11.9 Å². The maximum Gasteiger partial charge on any atom is 0.341 e. The number of hydrogen-bond donors (Lipinski definition) is 0. The molecule has 0 bridgehead atoms. The summed E-state index contributed by atoms with van der Waals surface area (Å²) in [6.07, 6.45) is -0.892. The largest absolute Gasteiger partial charge is 0.497 e. The molecule has 0 fully saturated rings. The molecule has 104 valence electrons. The van der Waals surface area contributed by atoms with Crippen LogP contribution in [-0.4, -0.2) is 25.3 Å². The molecule has 0 saturated heterocycles. The smallest absolute Gasteiger partial charge is 0.341 e. The van der Waals surface area contributed by atoms with Crippen LogP contribution in [0, 0.1) is 5.92 Å². The van der Waals surface area contributed by atoms with Gasteiger partial charge in [-0.25, -0.2) is 4.79 Å². The van der Waals surface area contributed by atoms with E-state index >= 15 is 0 Å². The molecule has 1 unspecified atom stereocenters. The van der Waals surface area contributed by atoms with Gasteiger partial charge in [0.25, 0.3) is 0 Å². The highest BCUT2D eigenvalue weighted by molar-refractivity contribution is 5.90. The molecular formula is C14H18O5. The van der Waals surface area contributed by atoms with Gasteiger partial charge in [0.2, 0.25) is 6.29 Å². The highest BCUT2D eigenvalue weighted by Crippen LogP contribution is 2.16. The van der Waals surface area contributed by atoms with Gasteiger partial charge in [-0.15, -0.1) is 0 Å². The van der Waals surface area contributed by atoms with Crippen LogP contribution in [0.2, 0.25) is 0 Å². The van der Waals surface area contributed by atoms with Gasteiger partial charge in [-0.05, 0) is 18.2 Å². The van der Waals surface area contributed by atoms with Crippen molar-refractivity contribution in [2.45, 2.75) is 27.1 Å². The Hall–Kier alpha value is -2.04. The minimum Gasteiger partial charge on any atom is -0.497 e. The summed E-state index contributed by atoms with van der Waals surface area (Å²) in [5.74, 6) is -0.613. The van der Waals surface area contributed by atoms with E-state index in [2.05, 4.69) is 0 Å². The van der Waals surface area contributed by atoms with Gasteiger partial charge in [0.1, 0.15) is 5.75 Å². The molecule has 0 aliphatic rings. The van der Waals surface area contributed by atoms with E-state index in [9.17, 15) is 9.59 Å². The quantitative estimate of drug-likeness (QED) is 0.605.